The monoisotopic (exact) mass is 429 g/mol. The van der Waals surface area contributed by atoms with Gasteiger partial charge in [-0.3, -0.25) is 5.32 Å². The summed E-state index contributed by atoms with van der Waals surface area (Å²) in [6.45, 7) is 4.42. The molecule has 0 aliphatic heterocycles. The zero-order chi connectivity index (χ0) is 18.5. The van der Waals surface area contributed by atoms with Gasteiger partial charge in [0.25, 0.3) is 0 Å². The van der Waals surface area contributed by atoms with Crippen LogP contribution in [0.4, 0.5) is 15.6 Å². The number of nitrogens with zero attached hydrogens (tertiary/aromatic N) is 1. The average Bonchev–Trinajstić information content (AvgIpc) is 3.11. The van der Waals surface area contributed by atoms with Crippen molar-refractivity contribution in [2.45, 2.75) is 26.2 Å². The van der Waals surface area contributed by atoms with E-state index in [2.05, 4.69) is 69.7 Å². The number of rotatable bonds is 5. The number of halogens is 1. The molecule has 1 aromatic heterocycles. The Labute approximate surface area is 165 Å². The van der Waals surface area contributed by atoms with E-state index < -0.39 is 0 Å². The molecule has 2 amide bonds. The number of anilines is 2. The normalized spacial score (nSPS) is 11.8. The van der Waals surface area contributed by atoms with Gasteiger partial charge >= 0.3 is 6.03 Å². The fourth-order valence-electron chi connectivity index (χ4n) is 2.50. The Hall–Kier alpha value is -2.18. The van der Waals surface area contributed by atoms with Crippen molar-refractivity contribution in [3.8, 4) is 11.3 Å². The molecule has 0 fully saturated rings. The highest BCUT2D eigenvalue weighted by Gasteiger charge is 2.10. The average molecular weight is 430 g/mol. The summed E-state index contributed by atoms with van der Waals surface area (Å²) in [4.78, 5) is 16.7. The number of amides is 2. The minimum absolute atomic E-state index is 0.315. The third kappa shape index (κ3) is 4.51. The summed E-state index contributed by atoms with van der Waals surface area (Å²) in [6.07, 6.45) is 1.12. The molecule has 6 heteroatoms. The molecule has 0 saturated carbocycles. The molecule has 3 aromatic rings. The summed E-state index contributed by atoms with van der Waals surface area (Å²) in [5.74, 6) is 0.553. The maximum atomic E-state index is 12.2. The topological polar surface area (TPSA) is 54.0 Å². The van der Waals surface area contributed by atoms with E-state index in [1.807, 2.05) is 29.6 Å². The van der Waals surface area contributed by atoms with Crippen LogP contribution in [0.3, 0.4) is 0 Å². The van der Waals surface area contributed by atoms with Crippen LogP contribution < -0.4 is 10.6 Å². The minimum Gasteiger partial charge on any atom is -0.307 e. The van der Waals surface area contributed by atoms with Crippen LogP contribution in [-0.2, 0) is 0 Å². The maximum Gasteiger partial charge on any atom is 0.325 e. The van der Waals surface area contributed by atoms with Crippen molar-refractivity contribution < 1.29 is 4.79 Å². The van der Waals surface area contributed by atoms with Crippen LogP contribution in [0.2, 0.25) is 0 Å². The predicted octanol–water partition coefficient (Wildman–Crippen LogP) is 6.73. The fourth-order valence-corrected chi connectivity index (χ4v) is 3.59. The summed E-state index contributed by atoms with van der Waals surface area (Å²) in [5, 5.41) is 8.10. The number of carbonyl (C=O) groups is 1. The standard InChI is InChI=1S/C20H20BrN3OS/c1-3-13(2)14-8-10-15(11-9-14)18-12-26-20(23-18)24-19(25)22-17-7-5-4-6-16(17)21/h4-13H,3H2,1-2H3,(H2,22,23,24,25)/t13-/m0/s1. The number of hydrogen-bond acceptors (Lipinski definition) is 3. The second-order valence-corrected chi connectivity index (χ2v) is 7.74. The summed E-state index contributed by atoms with van der Waals surface area (Å²) < 4.78 is 0.830. The Bertz CT molecular complexity index is 892. The van der Waals surface area contributed by atoms with E-state index in [0.29, 0.717) is 16.7 Å². The van der Waals surface area contributed by atoms with Crippen LogP contribution in [0.15, 0.2) is 58.4 Å². The second kappa shape index (κ2) is 8.47. The third-order valence-electron chi connectivity index (χ3n) is 4.23. The highest BCUT2D eigenvalue weighted by atomic mass is 79.9. The molecule has 0 aliphatic rings. The van der Waals surface area contributed by atoms with Crippen molar-refractivity contribution in [1.29, 1.82) is 0 Å². The highest BCUT2D eigenvalue weighted by Crippen LogP contribution is 2.27. The second-order valence-electron chi connectivity index (χ2n) is 6.03. The summed E-state index contributed by atoms with van der Waals surface area (Å²) in [6, 6.07) is 15.6. The largest absolute Gasteiger partial charge is 0.325 e. The van der Waals surface area contributed by atoms with Crippen molar-refractivity contribution in [1.82, 2.24) is 4.98 Å². The Morgan fingerprint density at radius 3 is 2.58 bits per heavy atom. The van der Waals surface area contributed by atoms with Crippen molar-refractivity contribution >= 4 is 44.1 Å². The van der Waals surface area contributed by atoms with E-state index >= 15 is 0 Å². The van der Waals surface area contributed by atoms with Crippen molar-refractivity contribution in [3.05, 3.63) is 63.9 Å². The van der Waals surface area contributed by atoms with E-state index in [0.717, 1.165) is 22.2 Å². The van der Waals surface area contributed by atoms with Gasteiger partial charge in [-0.2, -0.15) is 0 Å². The van der Waals surface area contributed by atoms with Crippen molar-refractivity contribution in [2.24, 2.45) is 0 Å². The van der Waals surface area contributed by atoms with Crippen molar-refractivity contribution in [2.75, 3.05) is 10.6 Å². The van der Waals surface area contributed by atoms with Gasteiger partial charge < -0.3 is 5.32 Å². The molecule has 2 N–H and O–H groups in total. The van der Waals surface area contributed by atoms with Crippen LogP contribution in [0.5, 0.6) is 0 Å². The van der Waals surface area contributed by atoms with Gasteiger partial charge in [0.05, 0.1) is 11.4 Å². The molecule has 4 nitrogen and oxygen atoms in total. The van der Waals surface area contributed by atoms with Crippen LogP contribution >= 0.6 is 27.3 Å². The molecule has 134 valence electrons. The first-order valence-corrected chi connectivity index (χ1v) is 10.1. The lowest BCUT2D eigenvalue weighted by atomic mass is 9.97. The molecule has 3 rings (SSSR count). The predicted molar refractivity (Wildman–Crippen MR) is 113 cm³/mol. The van der Waals surface area contributed by atoms with Crippen LogP contribution in [-0.4, -0.2) is 11.0 Å². The van der Waals surface area contributed by atoms with Gasteiger partial charge in [0.15, 0.2) is 5.13 Å². The Morgan fingerprint density at radius 2 is 1.88 bits per heavy atom. The van der Waals surface area contributed by atoms with E-state index in [1.54, 1.807) is 0 Å². The van der Waals surface area contributed by atoms with E-state index in [-0.39, 0.29) is 6.03 Å². The molecule has 0 radical (unpaired) electrons. The molecular formula is C20H20BrN3OS. The smallest absolute Gasteiger partial charge is 0.307 e. The lowest BCUT2D eigenvalue weighted by Gasteiger charge is -2.09. The lowest BCUT2D eigenvalue weighted by molar-refractivity contribution is 0.262. The van der Waals surface area contributed by atoms with Crippen LogP contribution in [0, 0.1) is 0 Å². The SMILES string of the molecule is CC[C@H](C)c1ccc(-c2csc(NC(=O)Nc3ccccc3Br)n2)cc1. The minimum atomic E-state index is -0.315. The third-order valence-corrected chi connectivity index (χ3v) is 5.68. The zero-order valence-electron chi connectivity index (χ0n) is 14.6. The molecule has 0 spiro atoms. The van der Waals surface area contributed by atoms with E-state index in [1.165, 1.54) is 16.9 Å². The van der Waals surface area contributed by atoms with Crippen molar-refractivity contribution in [3.63, 3.8) is 0 Å². The molecular weight excluding hydrogens is 410 g/mol. The fraction of sp³-hybridized carbons (Fsp3) is 0.200. The summed E-state index contributed by atoms with van der Waals surface area (Å²) >= 11 is 4.82. The van der Waals surface area contributed by atoms with Gasteiger partial charge in [-0.1, -0.05) is 50.2 Å². The Morgan fingerprint density at radius 1 is 1.15 bits per heavy atom. The van der Waals surface area contributed by atoms with E-state index in [4.69, 9.17) is 0 Å². The number of hydrogen-bond donors (Lipinski definition) is 2. The maximum absolute atomic E-state index is 12.2. The lowest BCUT2D eigenvalue weighted by Crippen LogP contribution is -2.19. The number of nitrogens with one attached hydrogen (secondary N) is 2. The van der Waals surface area contributed by atoms with Gasteiger partial charge in [-0.25, -0.2) is 9.78 Å². The number of para-hydroxylation sites is 1. The number of benzene rings is 2. The highest BCUT2D eigenvalue weighted by molar-refractivity contribution is 9.10. The molecule has 26 heavy (non-hydrogen) atoms. The van der Waals surface area contributed by atoms with Gasteiger partial charge in [0.1, 0.15) is 0 Å². The van der Waals surface area contributed by atoms with E-state index in [9.17, 15) is 4.79 Å². The molecule has 2 aromatic carbocycles. The summed E-state index contributed by atoms with van der Waals surface area (Å²) in [7, 11) is 0. The molecule has 0 unspecified atom stereocenters. The first-order valence-electron chi connectivity index (χ1n) is 8.45. The molecule has 1 heterocycles. The molecule has 0 bridgehead atoms. The Kier molecular flexibility index (Phi) is 6.06. The number of thiazole rings is 1. The molecule has 1 atom stereocenters. The Balaban J connectivity index is 1.66. The van der Waals surface area contributed by atoms with Crippen LogP contribution in [0.25, 0.3) is 11.3 Å². The molecule has 0 aliphatic carbocycles. The number of aromatic nitrogens is 1. The first kappa shape index (κ1) is 18.6. The van der Waals surface area contributed by atoms with Gasteiger partial charge in [-0.05, 0) is 46.0 Å². The van der Waals surface area contributed by atoms with Gasteiger partial charge in [0.2, 0.25) is 0 Å². The number of urea groups is 1. The zero-order valence-corrected chi connectivity index (χ0v) is 17.0. The molecule has 0 saturated heterocycles. The first-order chi connectivity index (χ1) is 12.6. The quantitative estimate of drug-likeness (QED) is 0.472. The van der Waals surface area contributed by atoms with Gasteiger partial charge in [-0.15, -0.1) is 11.3 Å². The van der Waals surface area contributed by atoms with Gasteiger partial charge in [0, 0.05) is 15.4 Å². The number of carbonyl (C=O) groups excluding carboxylic acids is 1. The summed E-state index contributed by atoms with van der Waals surface area (Å²) in [5.41, 5.74) is 3.95. The van der Waals surface area contributed by atoms with Crippen LogP contribution in [0.1, 0.15) is 31.7 Å².